The highest BCUT2D eigenvalue weighted by Crippen LogP contribution is 2.18. The van der Waals surface area contributed by atoms with Crippen LogP contribution in [0.5, 0.6) is 0 Å². The number of rotatable bonds is 4. The average molecular weight is 320 g/mol. The fourth-order valence-electron chi connectivity index (χ4n) is 2.56. The Balaban J connectivity index is 1.45. The number of nitrogens with one attached hydrogen (secondary N) is 1. The van der Waals surface area contributed by atoms with Gasteiger partial charge in [-0.25, -0.2) is 9.78 Å². The van der Waals surface area contributed by atoms with Crippen molar-refractivity contribution in [2.45, 2.75) is 19.4 Å². The van der Waals surface area contributed by atoms with Gasteiger partial charge in [0.1, 0.15) is 5.76 Å². The normalized spacial score (nSPS) is 16.6. The fraction of sp³-hybridized carbons (Fsp3) is 0.467. The van der Waals surface area contributed by atoms with Crippen LogP contribution in [0.1, 0.15) is 12.7 Å². The van der Waals surface area contributed by atoms with E-state index in [-0.39, 0.29) is 12.1 Å². The summed E-state index contributed by atoms with van der Waals surface area (Å²) in [7, 11) is 0. The molecule has 0 aromatic carbocycles. The average Bonchev–Trinajstić information content (AvgIpc) is 3.20. The van der Waals surface area contributed by atoms with Gasteiger partial charge in [-0.1, -0.05) is 0 Å². The molecule has 0 unspecified atom stereocenters. The van der Waals surface area contributed by atoms with Crippen LogP contribution >= 0.6 is 11.3 Å². The molecule has 0 spiro atoms. The number of piperazine rings is 1. The maximum absolute atomic E-state index is 12.3. The van der Waals surface area contributed by atoms with Gasteiger partial charge in [0.2, 0.25) is 0 Å². The van der Waals surface area contributed by atoms with Gasteiger partial charge >= 0.3 is 6.03 Å². The van der Waals surface area contributed by atoms with Gasteiger partial charge < -0.3 is 19.5 Å². The molecule has 0 aliphatic carbocycles. The number of furan rings is 1. The molecule has 0 bridgehead atoms. The predicted octanol–water partition coefficient (Wildman–Crippen LogP) is 2.20. The minimum absolute atomic E-state index is 0.00200. The van der Waals surface area contributed by atoms with E-state index in [0.717, 1.165) is 37.1 Å². The van der Waals surface area contributed by atoms with Crippen LogP contribution in [0.25, 0.3) is 0 Å². The van der Waals surface area contributed by atoms with E-state index in [0.29, 0.717) is 6.42 Å². The summed E-state index contributed by atoms with van der Waals surface area (Å²) >= 11 is 1.64. The van der Waals surface area contributed by atoms with Crippen LogP contribution in [0, 0.1) is 0 Å². The zero-order valence-electron chi connectivity index (χ0n) is 12.6. The number of carbonyl (C=O) groups is 1. The minimum Gasteiger partial charge on any atom is -0.469 e. The molecule has 1 N–H and O–H groups in total. The van der Waals surface area contributed by atoms with Gasteiger partial charge in [0.25, 0.3) is 0 Å². The molecule has 1 saturated heterocycles. The van der Waals surface area contributed by atoms with E-state index in [1.165, 1.54) is 0 Å². The summed E-state index contributed by atoms with van der Waals surface area (Å²) in [6.45, 7) is 5.09. The largest absolute Gasteiger partial charge is 0.469 e. The van der Waals surface area contributed by atoms with Gasteiger partial charge in [-0.2, -0.15) is 0 Å². The van der Waals surface area contributed by atoms with Crippen LogP contribution in [0.3, 0.4) is 0 Å². The van der Waals surface area contributed by atoms with E-state index in [1.807, 2.05) is 35.5 Å². The highest BCUT2D eigenvalue weighted by Gasteiger charge is 2.23. The lowest BCUT2D eigenvalue weighted by Crippen LogP contribution is -2.53. The fourth-order valence-corrected chi connectivity index (χ4v) is 3.25. The topological polar surface area (TPSA) is 61.6 Å². The van der Waals surface area contributed by atoms with Crippen LogP contribution in [-0.2, 0) is 6.42 Å². The van der Waals surface area contributed by atoms with Crippen LogP contribution in [0.4, 0.5) is 9.93 Å². The molecule has 3 heterocycles. The van der Waals surface area contributed by atoms with Crippen molar-refractivity contribution in [3.8, 4) is 0 Å². The van der Waals surface area contributed by atoms with E-state index < -0.39 is 0 Å². The highest BCUT2D eigenvalue weighted by atomic mass is 32.1. The first-order valence-electron chi connectivity index (χ1n) is 7.44. The summed E-state index contributed by atoms with van der Waals surface area (Å²) < 4.78 is 5.31. The molecule has 118 valence electrons. The molecule has 2 aromatic rings. The third-order valence-corrected chi connectivity index (χ3v) is 4.55. The molecule has 1 aliphatic rings. The van der Waals surface area contributed by atoms with E-state index in [4.69, 9.17) is 4.42 Å². The van der Waals surface area contributed by atoms with Crippen LogP contribution in [0.2, 0.25) is 0 Å². The number of carbonyl (C=O) groups excluding carboxylic acids is 1. The summed E-state index contributed by atoms with van der Waals surface area (Å²) in [6.07, 6.45) is 4.18. The molecule has 1 atom stereocenters. The van der Waals surface area contributed by atoms with Crippen molar-refractivity contribution in [2.75, 3.05) is 31.1 Å². The van der Waals surface area contributed by atoms with E-state index in [2.05, 4.69) is 15.2 Å². The van der Waals surface area contributed by atoms with Crippen molar-refractivity contribution >= 4 is 22.5 Å². The number of hydrogen-bond donors (Lipinski definition) is 1. The monoisotopic (exact) mass is 320 g/mol. The SMILES string of the molecule is C[C@@H](Cc1ccco1)NC(=O)N1CCN(c2nccs2)CC1. The zero-order chi connectivity index (χ0) is 15.4. The molecule has 1 aliphatic heterocycles. The number of aromatic nitrogens is 1. The minimum atomic E-state index is -0.00200. The first-order chi connectivity index (χ1) is 10.7. The second kappa shape index (κ2) is 6.83. The Morgan fingerprint density at radius 1 is 1.45 bits per heavy atom. The lowest BCUT2D eigenvalue weighted by Gasteiger charge is -2.35. The molecule has 0 saturated carbocycles. The number of hydrogen-bond acceptors (Lipinski definition) is 5. The molecule has 0 radical (unpaired) electrons. The van der Waals surface area contributed by atoms with Crippen LogP contribution in [0.15, 0.2) is 34.4 Å². The van der Waals surface area contributed by atoms with Crippen molar-refractivity contribution in [1.82, 2.24) is 15.2 Å². The van der Waals surface area contributed by atoms with Crippen LogP contribution in [-0.4, -0.2) is 48.1 Å². The maximum Gasteiger partial charge on any atom is 0.317 e. The third-order valence-electron chi connectivity index (χ3n) is 3.71. The molecule has 1 fully saturated rings. The second-order valence-corrected chi connectivity index (χ2v) is 6.30. The molecule has 2 amide bonds. The van der Waals surface area contributed by atoms with Crippen molar-refractivity contribution in [2.24, 2.45) is 0 Å². The van der Waals surface area contributed by atoms with Gasteiger partial charge in [-0.15, -0.1) is 11.3 Å². The van der Waals surface area contributed by atoms with Gasteiger partial charge in [-0.3, -0.25) is 0 Å². The van der Waals surface area contributed by atoms with Crippen LogP contribution < -0.4 is 10.2 Å². The van der Waals surface area contributed by atoms with E-state index in [1.54, 1.807) is 17.6 Å². The Labute approximate surface area is 133 Å². The lowest BCUT2D eigenvalue weighted by molar-refractivity contribution is 0.190. The number of anilines is 1. The van der Waals surface area contributed by atoms with Gasteiger partial charge in [0, 0.05) is 50.2 Å². The molecule has 6 nitrogen and oxygen atoms in total. The third kappa shape index (κ3) is 3.59. The standard InChI is InChI=1S/C15H20N4O2S/c1-12(11-13-3-2-9-21-13)17-14(20)18-5-7-19(8-6-18)15-16-4-10-22-15/h2-4,9-10,12H,5-8,11H2,1H3,(H,17,20)/t12-/m0/s1. The number of thiazole rings is 1. The van der Waals surface area contributed by atoms with Gasteiger partial charge in [0.05, 0.1) is 6.26 Å². The Bertz CT molecular complexity index is 577. The quantitative estimate of drug-likeness (QED) is 0.938. The molecular formula is C15H20N4O2S. The van der Waals surface area contributed by atoms with Gasteiger partial charge in [-0.05, 0) is 19.1 Å². The number of amides is 2. The molecule has 3 rings (SSSR count). The smallest absolute Gasteiger partial charge is 0.317 e. The molecule has 22 heavy (non-hydrogen) atoms. The number of urea groups is 1. The first kappa shape index (κ1) is 14.9. The summed E-state index contributed by atoms with van der Waals surface area (Å²) in [4.78, 5) is 20.7. The molecular weight excluding hydrogens is 300 g/mol. The Morgan fingerprint density at radius 2 is 2.27 bits per heavy atom. The highest BCUT2D eigenvalue weighted by molar-refractivity contribution is 7.13. The van der Waals surface area contributed by atoms with Crippen molar-refractivity contribution in [3.63, 3.8) is 0 Å². The Kier molecular flexibility index (Phi) is 4.62. The molecule has 2 aromatic heterocycles. The van der Waals surface area contributed by atoms with E-state index in [9.17, 15) is 4.79 Å². The number of nitrogens with zero attached hydrogens (tertiary/aromatic N) is 3. The first-order valence-corrected chi connectivity index (χ1v) is 8.32. The van der Waals surface area contributed by atoms with E-state index >= 15 is 0 Å². The van der Waals surface area contributed by atoms with Crippen molar-refractivity contribution in [3.05, 3.63) is 35.7 Å². The summed E-state index contributed by atoms with van der Waals surface area (Å²) in [5.74, 6) is 0.890. The zero-order valence-corrected chi connectivity index (χ0v) is 13.4. The molecule has 7 heteroatoms. The predicted molar refractivity (Wildman–Crippen MR) is 86.3 cm³/mol. The summed E-state index contributed by atoms with van der Waals surface area (Å²) in [5, 5.41) is 6.04. The summed E-state index contributed by atoms with van der Waals surface area (Å²) in [6, 6.07) is 3.84. The van der Waals surface area contributed by atoms with Crippen molar-refractivity contribution in [1.29, 1.82) is 0 Å². The van der Waals surface area contributed by atoms with Crippen molar-refractivity contribution < 1.29 is 9.21 Å². The Morgan fingerprint density at radius 3 is 2.91 bits per heavy atom. The lowest BCUT2D eigenvalue weighted by atomic mass is 10.2. The van der Waals surface area contributed by atoms with Gasteiger partial charge in [0.15, 0.2) is 5.13 Å². The second-order valence-electron chi connectivity index (χ2n) is 5.42. The summed E-state index contributed by atoms with van der Waals surface area (Å²) in [5.41, 5.74) is 0. The maximum atomic E-state index is 12.3. The Hall–Kier alpha value is -2.02.